The Hall–Kier alpha value is -3.95. The quantitative estimate of drug-likeness (QED) is 0.458. The zero-order valence-electron chi connectivity index (χ0n) is 21.1. The fourth-order valence-electron chi connectivity index (χ4n) is 5.69. The number of aliphatic hydroxyl groups excluding tert-OH is 1. The van der Waals surface area contributed by atoms with Gasteiger partial charge in [-0.3, -0.25) is 4.79 Å². The Labute approximate surface area is 221 Å². The SMILES string of the molecule is CN(Cc1ccc(F)cc1)C(=O)N1[C@H]2CC[C@@H]1[C@@H](C(=O)O)N(C(O)N(c1ccccc1)c1ccccc1)C2. The molecule has 8 nitrogen and oxygen atoms in total. The van der Waals surface area contributed by atoms with Crippen LogP contribution < -0.4 is 4.90 Å². The van der Waals surface area contributed by atoms with Crippen LogP contribution in [-0.2, 0) is 11.3 Å². The Balaban J connectivity index is 1.41. The van der Waals surface area contributed by atoms with Gasteiger partial charge in [-0.05, 0) is 54.8 Å². The Morgan fingerprint density at radius 2 is 1.53 bits per heavy atom. The normalized spacial score (nSPS) is 21.7. The van der Waals surface area contributed by atoms with Crippen molar-refractivity contribution in [3.63, 3.8) is 0 Å². The van der Waals surface area contributed by atoms with Gasteiger partial charge in [-0.2, -0.15) is 0 Å². The van der Waals surface area contributed by atoms with Crippen molar-refractivity contribution >= 4 is 23.4 Å². The summed E-state index contributed by atoms with van der Waals surface area (Å²) >= 11 is 0. The second-order valence-corrected chi connectivity index (χ2v) is 9.84. The number of halogens is 1. The molecule has 5 rings (SSSR count). The van der Waals surface area contributed by atoms with Crippen LogP contribution in [0.1, 0.15) is 18.4 Å². The lowest BCUT2D eigenvalue weighted by molar-refractivity contribution is -0.156. The number of benzene rings is 3. The third-order valence-corrected chi connectivity index (χ3v) is 7.42. The lowest BCUT2D eigenvalue weighted by Crippen LogP contribution is -2.68. The summed E-state index contributed by atoms with van der Waals surface area (Å²) in [4.78, 5) is 32.7. The van der Waals surface area contributed by atoms with Crippen LogP contribution in [0.4, 0.5) is 20.6 Å². The van der Waals surface area contributed by atoms with Gasteiger partial charge in [-0.25, -0.2) is 14.1 Å². The molecular formula is C29H31FN4O4. The summed E-state index contributed by atoms with van der Waals surface area (Å²) in [6.07, 6.45) is -0.0968. The first-order valence-corrected chi connectivity index (χ1v) is 12.7. The molecule has 2 fully saturated rings. The minimum Gasteiger partial charge on any atom is -0.480 e. The Morgan fingerprint density at radius 1 is 0.947 bits per heavy atom. The van der Waals surface area contributed by atoms with E-state index in [1.807, 2.05) is 60.7 Å². The number of likely N-dealkylation sites (tertiary alicyclic amines) is 1. The number of hydrogen-bond acceptors (Lipinski definition) is 5. The number of fused-ring (bicyclic) bond motifs is 2. The number of carboxylic acid groups (broad SMARTS) is 1. The topological polar surface area (TPSA) is 87.6 Å². The molecule has 3 aromatic carbocycles. The van der Waals surface area contributed by atoms with Crippen LogP contribution in [-0.4, -0.2) is 75.0 Å². The summed E-state index contributed by atoms with van der Waals surface area (Å²) < 4.78 is 13.3. The maximum absolute atomic E-state index is 13.5. The van der Waals surface area contributed by atoms with E-state index in [2.05, 4.69) is 0 Å². The summed E-state index contributed by atoms with van der Waals surface area (Å²) in [5.74, 6) is -1.44. The van der Waals surface area contributed by atoms with E-state index in [1.165, 1.54) is 17.0 Å². The molecule has 2 saturated heterocycles. The number of carbonyl (C=O) groups is 2. The van der Waals surface area contributed by atoms with Gasteiger partial charge >= 0.3 is 12.0 Å². The largest absolute Gasteiger partial charge is 0.480 e. The molecule has 3 aromatic rings. The number of hydrogen-bond donors (Lipinski definition) is 2. The predicted molar refractivity (Wildman–Crippen MR) is 141 cm³/mol. The van der Waals surface area contributed by atoms with Crippen molar-refractivity contribution in [1.29, 1.82) is 0 Å². The lowest BCUT2D eigenvalue weighted by atomic mass is 10.0. The average Bonchev–Trinajstić information content (AvgIpc) is 3.22. The highest BCUT2D eigenvalue weighted by Gasteiger charge is 2.54. The number of para-hydroxylation sites is 2. The summed E-state index contributed by atoms with van der Waals surface area (Å²) in [7, 11) is 1.66. The van der Waals surface area contributed by atoms with Gasteiger partial charge in [0.25, 0.3) is 0 Å². The third-order valence-electron chi connectivity index (χ3n) is 7.42. The number of urea groups is 1. The number of aliphatic hydroxyl groups is 1. The molecule has 198 valence electrons. The molecule has 2 heterocycles. The summed E-state index contributed by atoms with van der Waals surface area (Å²) in [6.45, 7) is 0.482. The Bertz CT molecular complexity index is 1220. The molecule has 0 spiro atoms. The van der Waals surface area contributed by atoms with E-state index >= 15 is 0 Å². The first kappa shape index (κ1) is 25.7. The minimum atomic E-state index is -1.27. The fourth-order valence-corrected chi connectivity index (χ4v) is 5.69. The highest BCUT2D eigenvalue weighted by Crippen LogP contribution is 2.38. The second kappa shape index (κ2) is 10.8. The summed E-state index contributed by atoms with van der Waals surface area (Å²) in [6, 6.07) is 22.4. The van der Waals surface area contributed by atoms with E-state index in [0.29, 0.717) is 12.8 Å². The van der Waals surface area contributed by atoms with E-state index in [-0.39, 0.29) is 31.0 Å². The van der Waals surface area contributed by atoms with Crippen molar-refractivity contribution in [2.45, 2.75) is 43.9 Å². The second-order valence-electron chi connectivity index (χ2n) is 9.84. The molecule has 0 aromatic heterocycles. The number of aliphatic carboxylic acids is 1. The number of rotatable bonds is 7. The zero-order valence-corrected chi connectivity index (χ0v) is 21.1. The van der Waals surface area contributed by atoms with Crippen LogP contribution in [0.2, 0.25) is 0 Å². The Morgan fingerprint density at radius 3 is 2.08 bits per heavy atom. The summed E-state index contributed by atoms with van der Waals surface area (Å²) in [5, 5.41) is 22.1. The van der Waals surface area contributed by atoms with Crippen molar-refractivity contribution in [2.24, 2.45) is 0 Å². The monoisotopic (exact) mass is 518 g/mol. The molecule has 1 unspecified atom stereocenters. The van der Waals surface area contributed by atoms with Crippen LogP contribution in [0, 0.1) is 5.82 Å². The molecule has 2 aliphatic heterocycles. The van der Waals surface area contributed by atoms with Crippen LogP contribution in [0.25, 0.3) is 0 Å². The van der Waals surface area contributed by atoms with Crippen molar-refractivity contribution in [2.75, 3.05) is 18.5 Å². The Kier molecular flexibility index (Phi) is 7.31. The molecule has 2 N–H and O–H groups in total. The first-order chi connectivity index (χ1) is 18.3. The van der Waals surface area contributed by atoms with Gasteiger partial charge in [0, 0.05) is 37.6 Å². The van der Waals surface area contributed by atoms with Gasteiger partial charge in [0.2, 0.25) is 0 Å². The molecule has 0 radical (unpaired) electrons. The van der Waals surface area contributed by atoms with E-state index in [0.717, 1.165) is 16.9 Å². The molecule has 9 heteroatoms. The number of carbonyl (C=O) groups excluding carboxylic acids is 1. The number of anilines is 2. The highest BCUT2D eigenvalue weighted by molar-refractivity contribution is 5.80. The molecular weight excluding hydrogens is 487 g/mol. The fraction of sp³-hybridized carbons (Fsp3) is 0.310. The molecule has 4 atom stereocenters. The van der Waals surface area contributed by atoms with Crippen molar-refractivity contribution in [1.82, 2.24) is 14.7 Å². The minimum absolute atomic E-state index is 0.209. The number of nitrogens with zero attached hydrogens (tertiary/aromatic N) is 4. The van der Waals surface area contributed by atoms with Gasteiger partial charge in [0.05, 0.1) is 6.04 Å². The number of amides is 2. The van der Waals surface area contributed by atoms with Gasteiger partial charge in [-0.1, -0.05) is 48.5 Å². The van der Waals surface area contributed by atoms with Crippen LogP contribution in [0.3, 0.4) is 0 Å². The van der Waals surface area contributed by atoms with Crippen LogP contribution >= 0.6 is 0 Å². The van der Waals surface area contributed by atoms with E-state index in [1.54, 1.807) is 33.9 Å². The van der Waals surface area contributed by atoms with Gasteiger partial charge in [-0.15, -0.1) is 0 Å². The van der Waals surface area contributed by atoms with E-state index in [9.17, 15) is 24.2 Å². The van der Waals surface area contributed by atoms with Crippen molar-refractivity contribution in [3.8, 4) is 0 Å². The first-order valence-electron chi connectivity index (χ1n) is 12.7. The predicted octanol–water partition coefficient (Wildman–Crippen LogP) is 4.09. The number of piperazine rings is 1. The van der Waals surface area contributed by atoms with Gasteiger partial charge in [0.1, 0.15) is 11.9 Å². The van der Waals surface area contributed by atoms with Crippen LogP contribution in [0.15, 0.2) is 84.9 Å². The lowest BCUT2D eigenvalue weighted by Gasteiger charge is -2.49. The molecule has 0 saturated carbocycles. The maximum Gasteiger partial charge on any atom is 0.323 e. The van der Waals surface area contributed by atoms with E-state index in [4.69, 9.17) is 0 Å². The maximum atomic E-state index is 13.5. The average molecular weight is 519 g/mol. The number of carboxylic acids is 1. The highest BCUT2D eigenvalue weighted by atomic mass is 19.1. The summed E-state index contributed by atoms with van der Waals surface area (Å²) in [5.41, 5.74) is 2.22. The smallest absolute Gasteiger partial charge is 0.323 e. The third kappa shape index (κ3) is 4.94. The molecule has 2 bridgehead atoms. The standard InChI is InChI=1S/C29H31FN4O4/c1-31(18-20-12-14-21(30)15-13-20)28(37)34-24-16-17-25(34)26(27(35)36)32(19-24)29(38)33(22-8-4-2-5-9-22)23-10-6-3-7-11-23/h2-15,24-26,29,38H,16-19H2,1H3,(H,35,36)/t24-,25+,26-,29?/m0/s1. The van der Waals surface area contributed by atoms with E-state index < -0.39 is 24.4 Å². The van der Waals surface area contributed by atoms with Crippen LogP contribution in [0.5, 0.6) is 0 Å². The molecule has 2 amide bonds. The van der Waals surface area contributed by atoms with Crippen molar-refractivity contribution in [3.05, 3.63) is 96.3 Å². The molecule has 0 aliphatic carbocycles. The van der Waals surface area contributed by atoms with Gasteiger partial charge < -0.3 is 24.9 Å². The zero-order chi connectivity index (χ0) is 26.8. The van der Waals surface area contributed by atoms with Crippen molar-refractivity contribution < 1.29 is 24.2 Å². The molecule has 38 heavy (non-hydrogen) atoms. The van der Waals surface area contributed by atoms with Gasteiger partial charge in [0.15, 0.2) is 6.35 Å². The molecule has 2 aliphatic rings.